The first-order chi connectivity index (χ1) is 14.1. The predicted octanol–water partition coefficient (Wildman–Crippen LogP) is 1.09. The summed E-state index contributed by atoms with van der Waals surface area (Å²) in [6, 6.07) is 15.5. The van der Waals surface area contributed by atoms with E-state index in [9.17, 15) is 18.0 Å². The molecule has 2 amide bonds. The maximum Gasteiger partial charge on any atom is 0.251 e. The molecule has 162 valence electrons. The summed E-state index contributed by atoms with van der Waals surface area (Å²) in [6.45, 7) is 0.181. The minimum absolute atomic E-state index is 0.00114. The highest BCUT2D eigenvalue weighted by Crippen LogP contribution is 2.17. The Morgan fingerprint density at radius 1 is 0.933 bits per heavy atom. The molecule has 0 aliphatic carbocycles. The van der Waals surface area contributed by atoms with E-state index < -0.39 is 15.9 Å². The van der Waals surface area contributed by atoms with Gasteiger partial charge in [0.15, 0.2) is 0 Å². The lowest BCUT2D eigenvalue weighted by Gasteiger charge is -2.25. The van der Waals surface area contributed by atoms with Crippen LogP contribution < -0.4 is 10.6 Å². The fraction of sp³-hybridized carbons (Fsp3) is 0.333. The van der Waals surface area contributed by atoms with Crippen molar-refractivity contribution in [2.24, 2.45) is 0 Å². The summed E-state index contributed by atoms with van der Waals surface area (Å²) in [7, 11) is 3.05. The first-order valence-electron chi connectivity index (χ1n) is 9.41. The second kappa shape index (κ2) is 10.3. The number of amides is 2. The van der Waals surface area contributed by atoms with Gasteiger partial charge in [-0.15, -0.1) is 0 Å². The maximum absolute atomic E-state index is 12.4. The highest BCUT2D eigenvalue weighted by molar-refractivity contribution is 7.89. The van der Waals surface area contributed by atoms with Gasteiger partial charge in [-0.25, -0.2) is 12.7 Å². The van der Waals surface area contributed by atoms with E-state index in [2.05, 4.69) is 10.6 Å². The van der Waals surface area contributed by atoms with Crippen LogP contribution in [-0.2, 0) is 14.8 Å². The van der Waals surface area contributed by atoms with E-state index in [4.69, 9.17) is 0 Å². The Bertz CT molecular complexity index is 976. The summed E-state index contributed by atoms with van der Waals surface area (Å²) in [4.78, 5) is 26.6. The topological polar surface area (TPSA) is 98.8 Å². The summed E-state index contributed by atoms with van der Waals surface area (Å²) in [6.07, 6.45) is 0. The summed E-state index contributed by atoms with van der Waals surface area (Å²) in [5.74, 6) is -0.851. The minimum Gasteiger partial charge on any atom is -0.353 e. The van der Waals surface area contributed by atoms with E-state index in [1.54, 1.807) is 0 Å². The van der Waals surface area contributed by atoms with Crippen LogP contribution in [0.4, 0.5) is 0 Å². The van der Waals surface area contributed by atoms with Gasteiger partial charge in [-0.05, 0) is 37.9 Å². The second-order valence-electron chi connectivity index (χ2n) is 7.19. The van der Waals surface area contributed by atoms with Gasteiger partial charge in [-0.2, -0.15) is 0 Å². The number of likely N-dealkylation sites (N-methyl/N-ethyl adjacent to an activating group) is 1. The molecule has 0 bridgehead atoms. The minimum atomic E-state index is -3.65. The Balaban J connectivity index is 1.94. The highest BCUT2D eigenvalue weighted by atomic mass is 32.2. The molecular weight excluding hydrogens is 404 g/mol. The number of hydrogen-bond acceptors (Lipinski definition) is 5. The molecule has 2 rings (SSSR count). The molecule has 8 nitrogen and oxygen atoms in total. The van der Waals surface area contributed by atoms with Crippen LogP contribution in [0.3, 0.4) is 0 Å². The third-order valence-corrected chi connectivity index (χ3v) is 6.40. The van der Waals surface area contributed by atoms with E-state index in [-0.39, 0.29) is 29.0 Å². The molecule has 1 unspecified atom stereocenters. The molecule has 0 aliphatic rings. The van der Waals surface area contributed by atoms with E-state index in [1.807, 2.05) is 49.3 Å². The van der Waals surface area contributed by atoms with Crippen molar-refractivity contribution in [3.63, 3.8) is 0 Å². The van der Waals surface area contributed by atoms with Crippen molar-refractivity contribution in [2.45, 2.75) is 10.9 Å². The quantitative estimate of drug-likeness (QED) is 0.618. The van der Waals surface area contributed by atoms with Gasteiger partial charge in [0, 0.05) is 26.2 Å². The van der Waals surface area contributed by atoms with Crippen molar-refractivity contribution in [3.8, 4) is 0 Å². The maximum atomic E-state index is 12.4. The monoisotopic (exact) mass is 432 g/mol. The van der Waals surface area contributed by atoms with Crippen LogP contribution in [0.1, 0.15) is 22.0 Å². The van der Waals surface area contributed by atoms with Gasteiger partial charge < -0.3 is 15.5 Å². The molecule has 1 atom stereocenters. The molecule has 2 aromatic carbocycles. The van der Waals surface area contributed by atoms with Crippen molar-refractivity contribution >= 4 is 21.8 Å². The number of rotatable bonds is 9. The Labute approximate surface area is 177 Å². The fourth-order valence-electron chi connectivity index (χ4n) is 2.82. The molecule has 9 heteroatoms. The smallest absolute Gasteiger partial charge is 0.251 e. The van der Waals surface area contributed by atoms with Crippen molar-refractivity contribution in [2.75, 3.05) is 41.3 Å². The molecule has 0 heterocycles. The number of benzene rings is 2. The molecule has 0 aliphatic heterocycles. The van der Waals surface area contributed by atoms with Crippen molar-refractivity contribution < 1.29 is 18.0 Å². The Morgan fingerprint density at radius 2 is 1.60 bits per heavy atom. The van der Waals surface area contributed by atoms with Crippen molar-refractivity contribution in [1.29, 1.82) is 0 Å². The Kier molecular flexibility index (Phi) is 8.10. The highest BCUT2D eigenvalue weighted by Gasteiger charge is 2.19. The molecule has 0 fully saturated rings. The summed E-state index contributed by atoms with van der Waals surface area (Å²) < 4.78 is 25.5. The van der Waals surface area contributed by atoms with Gasteiger partial charge >= 0.3 is 0 Å². The number of nitrogens with one attached hydrogen (secondary N) is 2. The SMILES string of the molecule is CN(C)C(CNC(=O)CNC(=O)c1cccc(S(=O)(=O)N(C)C)c1)c1ccccc1. The molecule has 2 aromatic rings. The summed E-state index contributed by atoms with van der Waals surface area (Å²) in [5, 5.41) is 5.35. The van der Waals surface area contributed by atoms with E-state index in [1.165, 1.54) is 38.4 Å². The van der Waals surface area contributed by atoms with Crippen LogP contribution >= 0.6 is 0 Å². The van der Waals surface area contributed by atoms with Gasteiger partial charge in [0.1, 0.15) is 0 Å². The molecule has 0 aromatic heterocycles. The number of sulfonamides is 1. The number of carbonyl (C=O) groups is 2. The number of nitrogens with zero attached hydrogens (tertiary/aromatic N) is 2. The molecule has 0 spiro atoms. The van der Waals surface area contributed by atoms with Crippen LogP contribution in [-0.4, -0.2) is 70.7 Å². The average molecular weight is 433 g/mol. The van der Waals surface area contributed by atoms with Crippen LogP contribution in [0.15, 0.2) is 59.5 Å². The van der Waals surface area contributed by atoms with Crippen molar-refractivity contribution in [1.82, 2.24) is 19.8 Å². The fourth-order valence-corrected chi connectivity index (χ4v) is 3.77. The summed E-state index contributed by atoms with van der Waals surface area (Å²) in [5.41, 5.74) is 1.24. The lowest BCUT2D eigenvalue weighted by atomic mass is 10.1. The second-order valence-corrected chi connectivity index (χ2v) is 9.34. The van der Waals surface area contributed by atoms with E-state index in [0.29, 0.717) is 6.54 Å². The standard InChI is InChI=1S/C21H28N4O4S/c1-24(2)19(16-9-6-5-7-10-16)14-22-20(26)15-23-21(27)17-11-8-12-18(13-17)30(28,29)25(3)4/h5-13,19H,14-15H2,1-4H3,(H,22,26)(H,23,27). The first kappa shape index (κ1) is 23.5. The van der Waals surface area contributed by atoms with Gasteiger partial charge in [-0.1, -0.05) is 36.4 Å². The largest absolute Gasteiger partial charge is 0.353 e. The predicted molar refractivity (Wildman–Crippen MR) is 116 cm³/mol. The van der Waals surface area contributed by atoms with E-state index in [0.717, 1.165) is 9.87 Å². The zero-order valence-electron chi connectivity index (χ0n) is 17.6. The molecular formula is C21H28N4O4S. The van der Waals surface area contributed by atoms with Gasteiger partial charge in [0.05, 0.1) is 17.5 Å². The Hall–Kier alpha value is -2.75. The van der Waals surface area contributed by atoms with Gasteiger partial charge in [0.2, 0.25) is 15.9 Å². The lowest BCUT2D eigenvalue weighted by Crippen LogP contribution is -2.40. The zero-order valence-corrected chi connectivity index (χ0v) is 18.4. The number of hydrogen-bond donors (Lipinski definition) is 2. The van der Waals surface area contributed by atoms with E-state index >= 15 is 0 Å². The van der Waals surface area contributed by atoms with Gasteiger partial charge in [-0.3, -0.25) is 9.59 Å². The molecule has 0 radical (unpaired) electrons. The number of carbonyl (C=O) groups excluding carboxylic acids is 2. The lowest BCUT2D eigenvalue weighted by molar-refractivity contribution is -0.120. The van der Waals surface area contributed by atoms with Crippen molar-refractivity contribution in [3.05, 3.63) is 65.7 Å². The zero-order chi connectivity index (χ0) is 22.3. The molecule has 30 heavy (non-hydrogen) atoms. The normalized spacial score (nSPS) is 12.6. The molecule has 0 saturated carbocycles. The Morgan fingerprint density at radius 3 is 2.20 bits per heavy atom. The van der Waals surface area contributed by atoms with Crippen LogP contribution in [0, 0.1) is 0 Å². The van der Waals surface area contributed by atoms with Crippen LogP contribution in [0.2, 0.25) is 0 Å². The summed E-state index contributed by atoms with van der Waals surface area (Å²) >= 11 is 0. The molecule has 2 N–H and O–H groups in total. The molecule has 0 saturated heterocycles. The third kappa shape index (κ3) is 6.12. The average Bonchev–Trinajstić information content (AvgIpc) is 2.72. The van der Waals surface area contributed by atoms with Gasteiger partial charge in [0.25, 0.3) is 5.91 Å². The first-order valence-corrected chi connectivity index (χ1v) is 10.9. The van der Waals surface area contributed by atoms with Crippen LogP contribution in [0.25, 0.3) is 0 Å². The van der Waals surface area contributed by atoms with Crippen LogP contribution in [0.5, 0.6) is 0 Å². The third-order valence-electron chi connectivity index (χ3n) is 4.58.